The predicted octanol–water partition coefficient (Wildman–Crippen LogP) is 3.59. The molecule has 2 aromatic heterocycles. The van der Waals surface area contributed by atoms with Crippen molar-refractivity contribution in [1.82, 2.24) is 20.0 Å². The molecule has 0 spiro atoms. The van der Waals surface area contributed by atoms with Gasteiger partial charge in [-0.3, -0.25) is 14.8 Å². The monoisotopic (exact) mass is 380 g/mol. The molecule has 1 aliphatic heterocycles. The fourth-order valence-electron chi connectivity index (χ4n) is 3.72. The fourth-order valence-corrected chi connectivity index (χ4v) is 3.72. The van der Waals surface area contributed by atoms with Crippen LogP contribution in [0.15, 0.2) is 41.2 Å². The van der Waals surface area contributed by atoms with Gasteiger partial charge < -0.3 is 9.42 Å². The first kappa shape index (κ1) is 18.3. The second kappa shape index (κ2) is 7.50. The first-order chi connectivity index (χ1) is 13.5. The van der Waals surface area contributed by atoms with Crippen molar-refractivity contribution >= 4 is 5.91 Å². The highest BCUT2D eigenvalue weighted by atomic mass is 19.1. The average Bonchev–Trinajstić information content (AvgIpc) is 3.28. The Morgan fingerprint density at radius 3 is 2.82 bits per heavy atom. The van der Waals surface area contributed by atoms with E-state index in [-0.39, 0.29) is 5.91 Å². The van der Waals surface area contributed by atoms with Crippen molar-refractivity contribution in [2.75, 3.05) is 13.1 Å². The van der Waals surface area contributed by atoms with Crippen molar-refractivity contribution in [3.05, 3.63) is 65.2 Å². The van der Waals surface area contributed by atoms with Gasteiger partial charge in [-0.25, -0.2) is 4.39 Å². The summed E-state index contributed by atoms with van der Waals surface area (Å²) in [4.78, 5) is 23.4. The van der Waals surface area contributed by atoms with Gasteiger partial charge in [0.25, 0.3) is 5.91 Å². The van der Waals surface area contributed by atoms with E-state index in [2.05, 4.69) is 15.1 Å². The third-order valence-corrected chi connectivity index (χ3v) is 5.14. The molecule has 1 aromatic carbocycles. The zero-order chi connectivity index (χ0) is 19.7. The number of likely N-dealkylation sites (tertiary alicyclic amines) is 1. The van der Waals surface area contributed by atoms with E-state index >= 15 is 0 Å². The van der Waals surface area contributed by atoms with Crippen molar-refractivity contribution in [3.63, 3.8) is 0 Å². The third-order valence-electron chi connectivity index (χ3n) is 5.14. The maximum absolute atomic E-state index is 13.4. The number of amides is 1. The van der Waals surface area contributed by atoms with Crippen molar-refractivity contribution in [3.8, 4) is 11.3 Å². The van der Waals surface area contributed by atoms with Crippen molar-refractivity contribution in [1.29, 1.82) is 0 Å². The fraction of sp³-hybridized carbons (Fsp3) is 0.333. The van der Waals surface area contributed by atoms with Crippen LogP contribution in [0, 0.1) is 25.6 Å². The van der Waals surface area contributed by atoms with Gasteiger partial charge in [-0.2, -0.15) is 0 Å². The van der Waals surface area contributed by atoms with Gasteiger partial charge in [0.15, 0.2) is 0 Å². The molecule has 1 amide bonds. The van der Waals surface area contributed by atoms with E-state index in [0.717, 1.165) is 41.2 Å². The van der Waals surface area contributed by atoms with E-state index in [4.69, 9.17) is 4.52 Å². The zero-order valence-corrected chi connectivity index (χ0v) is 15.9. The molecule has 1 saturated heterocycles. The standard InChI is InChI=1S/C21H21FN4O2/c1-13-20(14(2)28-25-13)19-11-23-18(10-24-19)8-15-6-7-26(12-15)21(27)16-4-3-5-17(22)9-16/h3-5,9-11,15H,6-8,12H2,1-2H3/t15-/m1/s1. The molecule has 3 aromatic rings. The van der Waals surface area contributed by atoms with Crippen molar-refractivity contribution < 1.29 is 13.7 Å². The maximum Gasteiger partial charge on any atom is 0.253 e. The zero-order valence-electron chi connectivity index (χ0n) is 15.9. The molecule has 0 N–H and O–H groups in total. The summed E-state index contributed by atoms with van der Waals surface area (Å²) in [6.07, 6.45) is 5.17. The minimum Gasteiger partial charge on any atom is -0.361 e. The molecule has 3 heterocycles. The van der Waals surface area contributed by atoms with Gasteiger partial charge in [0.1, 0.15) is 11.6 Å². The number of carbonyl (C=O) groups is 1. The lowest BCUT2D eigenvalue weighted by atomic mass is 10.0. The minimum absolute atomic E-state index is 0.123. The molecule has 0 radical (unpaired) electrons. The molecular formula is C21H21FN4O2. The van der Waals surface area contributed by atoms with E-state index in [0.29, 0.717) is 24.6 Å². The summed E-state index contributed by atoms with van der Waals surface area (Å²) < 4.78 is 18.6. The van der Waals surface area contributed by atoms with Crippen LogP contribution in [0.4, 0.5) is 4.39 Å². The number of halogens is 1. The summed E-state index contributed by atoms with van der Waals surface area (Å²) in [6, 6.07) is 5.84. The lowest BCUT2D eigenvalue weighted by Gasteiger charge is -2.16. The van der Waals surface area contributed by atoms with Gasteiger partial charge in [0.2, 0.25) is 0 Å². The molecule has 0 bridgehead atoms. The summed E-state index contributed by atoms with van der Waals surface area (Å²) in [6.45, 7) is 5.05. The van der Waals surface area contributed by atoms with E-state index in [1.54, 1.807) is 29.4 Å². The van der Waals surface area contributed by atoms with Crippen molar-refractivity contribution in [2.45, 2.75) is 26.7 Å². The largest absolute Gasteiger partial charge is 0.361 e. The number of aromatic nitrogens is 3. The second-order valence-corrected chi connectivity index (χ2v) is 7.21. The summed E-state index contributed by atoms with van der Waals surface area (Å²) in [5, 5.41) is 3.95. The molecular weight excluding hydrogens is 359 g/mol. The molecule has 6 nitrogen and oxygen atoms in total. The molecule has 28 heavy (non-hydrogen) atoms. The highest BCUT2D eigenvalue weighted by molar-refractivity contribution is 5.94. The maximum atomic E-state index is 13.4. The Morgan fingerprint density at radius 1 is 1.29 bits per heavy atom. The van der Waals surface area contributed by atoms with Crippen LogP contribution in [0.2, 0.25) is 0 Å². The topological polar surface area (TPSA) is 72.1 Å². The van der Waals surface area contributed by atoms with Crippen LogP contribution in [0.25, 0.3) is 11.3 Å². The molecule has 144 valence electrons. The summed E-state index contributed by atoms with van der Waals surface area (Å²) in [5.41, 5.74) is 3.70. The van der Waals surface area contributed by atoms with Crippen LogP contribution in [-0.2, 0) is 6.42 Å². The van der Waals surface area contributed by atoms with Gasteiger partial charge in [-0.05, 0) is 50.8 Å². The number of hydrogen-bond acceptors (Lipinski definition) is 5. The van der Waals surface area contributed by atoms with Crippen molar-refractivity contribution in [2.24, 2.45) is 5.92 Å². The Labute approximate surface area is 162 Å². The van der Waals surface area contributed by atoms with Gasteiger partial charge in [-0.1, -0.05) is 11.2 Å². The Balaban J connectivity index is 1.40. The van der Waals surface area contributed by atoms with Crippen LogP contribution in [-0.4, -0.2) is 39.0 Å². The Hall–Kier alpha value is -3.09. The number of benzene rings is 1. The normalized spacial score (nSPS) is 16.5. The number of carbonyl (C=O) groups excluding carboxylic acids is 1. The van der Waals surface area contributed by atoms with E-state index in [9.17, 15) is 9.18 Å². The summed E-state index contributed by atoms with van der Waals surface area (Å²) in [5.74, 6) is 0.524. The summed E-state index contributed by atoms with van der Waals surface area (Å²) >= 11 is 0. The van der Waals surface area contributed by atoms with Crippen LogP contribution in [0.5, 0.6) is 0 Å². The van der Waals surface area contributed by atoms with Crippen LogP contribution in [0.3, 0.4) is 0 Å². The number of rotatable bonds is 4. The second-order valence-electron chi connectivity index (χ2n) is 7.21. The lowest BCUT2D eigenvalue weighted by molar-refractivity contribution is 0.0786. The van der Waals surface area contributed by atoms with Gasteiger partial charge in [-0.15, -0.1) is 0 Å². The van der Waals surface area contributed by atoms with Crippen LogP contribution in [0.1, 0.15) is 33.9 Å². The quantitative estimate of drug-likeness (QED) is 0.692. The Kier molecular flexibility index (Phi) is 4.90. The molecule has 0 unspecified atom stereocenters. The van der Waals surface area contributed by atoms with Gasteiger partial charge in [0.05, 0.1) is 28.8 Å². The molecule has 1 atom stereocenters. The molecule has 1 aliphatic rings. The van der Waals surface area contributed by atoms with E-state index < -0.39 is 5.82 Å². The highest BCUT2D eigenvalue weighted by Crippen LogP contribution is 2.25. The average molecular weight is 380 g/mol. The predicted molar refractivity (Wildman–Crippen MR) is 101 cm³/mol. The first-order valence-corrected chi connectivity index (χ1v) is 9.30. The Bertz CT molecular complexity index is 980. The van der Waals surface area contributed by atoms with E-state index in [1.165, 1.54) is 12.1 Å². The van der Waals surface area contributed by atoms with Crippen LogP contribution < -0.4 is 0 Å². The SMILES string of the molecule is Cc1noc(C)c1-c1cnc(C[C@H]2CCN(C(=O)c3cccc(F)c3)C2)cn1. The molecule has 0 aliphatic carbocycles. The molecule has 4 rings (SSSR count). The highest BCUT2D eigenvalue weighted by Gasteiger charge is 2.27. The van der Waals surface area contributed by atoms with Crippen LogP contribution >= 0.6 is 0 Å². The smallest absolute Gasteiger partial charge is 0.253 e. The number of nitrogens with zero attached hydrogens (tertiary/aromatic N) is 4. The molecule has 0 saturated carbocycles. The minimum atomic E-state index is -0.393. The number of hydrogen-bond donors (Lipinski definition) is 0. The summed E-state index contributed by atoms with van der Waals surface area (Å²) in [7, 11) is 0. The Morgan fingerprint density at radius 2 is 2.14 bits per heavy atom. The first-order valence-electron chi connectivity index (χ1n) is 9.30. The third kappa shape index (κ3) is 3.65. The molecule has 1 fully saturated rings. The lowest BCUT2D eigenvalue weighted by Crippen LogP contribution is -2.29. The van der Waals surface area contributed by atoms with E-state index in [1.807, 2.05) is 13.8 Å². The number of aryl methyl sites for hydroxylation is 2. The van der Waals surface area contributed by atoms with Gasteiger partial charge in [0, 0.05) is 24.8 Å². The molecule has 7 heteroatoms. The van der Waals surface area contributed by atoms with Gasteiger partial charge >= 0.3 is 0 Å².